The van der Waals surface area contributed by atoms with Gasteiger partial charge in [-0.3, -0.25) is 13.8 Å². The molecule has 0 radical (unpaired) electrons. The Morgan fingerprint density at radius 3 is 2.05 bits per heavy atom. The Morgan fingerprint density at radius 2 is 1.38 bits per heavy atom. The minimum Gasteiger partial charge on any atom is -0.325 e. The van der Waals surface area contributed by atoms with E-state index in [1.807, 2.05) is 0 Å². The zero-order chi connectivity index (χ0) is 29.1. The number of carbonyl (C=O) groups excluding carboxylic acids is 1. The van der Waals surface area contributed by atoms with Crippen molar-refractivity contribution in [1.82, 2.24) is 0 Å². The van der Waals surface area contributed by atoms with Gasteiger partial charge in [-0.15, -0.1) is 0 Å². The molecule has 4 aromatic rings. The summed E-state index contributed by atoms with van der Waals surface area (Å²) in [6.45, 7) is 1.10. The monoisotopic (exact) mass is 637 g/mol. The number of amides is 1. The molecule has 0 fully saturated rings. The normalized spacial score (nSPS) is 11.6. The molecule has 40 heavy (non-hydrogen) atoms. The van der Waals surface area contributed by atoms with Crippen LogP contribution in [0.5, 0.6) is 0 Å². The third-order valence-corrected chi connectivity index (χ3v) is 10.2. The molecule has 0 aliphatic heterocycles. The van der Waals surface area contributed by atoms with Gasteiger partial charge in [0.05, 0.1) is 31.2 Å². The summed E-state index contributed by atoms with van der Waals surface area (Å²) < 4.78 is 56.1. The van der Waals surface area contributed by atoms with Crippen molar-refractivity contribution in [2.45, 2.75) is 16.7 Å². The van der Waals surface area contributed by atoms with E-state index < -0.39 is 32.5 Å². The lowest BCUT2D eigenvalue weighted by molar-refractivity contribution is -0.114. The van der Waals surface area contributed by atoms with E-state index in [9.17, 15) is 21.6 Å². The molecule has 13 heteroatoms. The topological polar surface area (TPSA) is 113 Å². The van der Waals surface area contributed by atoms with Gasteiger partial charge in [0, 0.05) is 10.7 Å². The highest BCUT2D eigenvalue weighted by Crippen LogP contribution is 2.32. The van der Waals surface area contributed by atoms with Gasteiger partial charge in [-0.1, -0.05) is 65.1 Å². The van der Waals surface area contributed by atoms with Crippen molar-refractivity contribution < 1.29 is 21.6 Å². The predicted molar refractivity (Wildman–Crippen MR) is 160 cm³/mol. The SMILES string of the molecule is Cc1c(Cl)cccc1N(CC(=O)Nc1ccc(S(=O)(=O)Nc2cccc(Cl)c2Cl)cc1)S(=O)(=O)c1ccccc1. The summed E-state index contributed by atoms with van der Waals surface area (Å²) in [6, 6.07) is 22.4. The zero-order valence-electron chi connectivity index (χ0n) is 20.8. The molecule has 0 aliphatic rings. The molecular formula is C27H22Cl3N3O5S2. The van der Waals surface area contributed by atoms with Crippen molar-refractivity contribution in [3.05, 3.63) is 112 Å². The first-order valence-electron chi connectivity index (χ1n) is 11.6. The Bertz CT molecular complexity index is 1770. The van der Waals surface area contributed by atoms with Crippen LogP contribution in [-0.2, 0) is 24.8 Å². The largest absolute Gasteiger partial charge is 0.325 e. The summed E-state index contributed by atoms with van der Waals surface area (Å²) in [4.78, 5) is 13.0. The number of carbonyl (C=O) groups is 1. The quantitative estimate of drug-likeness (QED) is 0.215. The molecule has 4 aromatic carbocycles. The molecular weight excluding hydrogens is 617 g/mol. The van der Waals surface area contributed by atoms with Crippen LogP contribution in [0.4, 0.5) is 17.1 Å². The minimum absolute atomic E-state index is 0.00374. The Balaban J connectivity index is 1.56. The number of nitrogens with zero attached hydrogens (tertiary/aromatic N) is 1. The van der Waals surface area contributed by atoms with Crippen LogP contribution in [0.3, 0.4) is 0 Å². The third-order valence-electron chi connectivity index (χ3n) is 5.77. The van der Waals surface area contributed by atoms with Gasteiger partial charge >= 0.3 is 0 Å². The Kier molecular flexibility index (Phi) is 8.96. The van der Waals surface area contributed by atoms with E-state index in [1.165, 1.54) is 48.5 Å². The standard InChI is InChI=1S/C27H22Cl3N3O5S2/c1-18-22(28)9-6-12-25(18)33(40(37,38)21-7-3-2-4-8-21)17-26(34)31-19-13-15-20(16-14-19)39(35,36)32-24-11-5-10-23(29)27(24)30/h2-16,32H,17H2,1H3,(H,31,34). The first kappa shape index (κ1) is 29.7. The summed E-state index contributed by atoms with van der Waals surface area (Å²) in [5, 5.41) is 3.20. The van der Waals surface area contributed by atoms with Gasteiger partial charge in [-0.25, -0.2) is 16.8 Å². The molecule has 4 rings (SSSR count). The van der Waals surface area contributed by atoms with Gasteiger partial charge in [0.2, 0.25) is 5.91 Å². The second-order valence-electron chi connectivity index (χ2n) is 8.49. The Labute approximate surface area is 247 Å². The number of benzene rings is 4. The summed E-state index contributed by atoms with van der Waals surface area (Å²) in [5.41, 5.74) is 1.10. The van der Waals surface area contributed by atoms with Crippen molar-refractivity contribution in [3.8, 4) is 0 Å². The van der Waals surface area contributed by atoms with E-state index in [4.69, 9.17) is 34.8 Å². The van der Waals surface area contributed by atoms with E-state index >= 15 is 0 Å². The number of hydrogen-bond donors (Lipinski definition) is 2. The van der Waals surface area contributed by atoms with Gasteiger partial charge in [0.1, 0.15) is 6.54 Å². The zero-order valence-corrected chi connectivity index (χ0v) is 24.7. The van der Waals surface area contributed by atoms with Crippen molar-refractivity contribution in [3.63, 3.8) is 0 Å². The molecule has 0 unspecified atom stereocenters. The highest BCUT2D eigenvalue weighted by molar-refractivity contribution is 7.93. The lowest BCUT2D eigenvalue weighted by atomic mass is 10.2. The molecule has 8 nitrogen and oxygen atoms in total. The van der Waals surface area contributed by atoms with Gasteiger partial charge in [0.15, 0.2) is 0 Å². The van der Waals surface area contributed by atoms with E-state index in [0.29, 0.717) is 10.6 Å². The van der Waals surface area contributed by atoms with Crippen LogP contribution in [0.15, 0.2) is 101 Å². The number of hydrogen-bond acceptors (Lipinski definition) is 5. The summed E-state index contributed by atoms with van der Waals surface area (Å²) in [5.74, 6) is -0.654. The fraction of sp³-hybridized carbons (Fsp3) is 0.0741. The molecule has 0 spiro atoms. The maximum absolute atomic E-state index is 13.5. The van der Waals surface area contributed by atoms with Crippen LogP contribution in [-0.4, -0.2) is 29.3 Å². The molecule has 0 saturated carbocycles. The maximum atomic E-state index is 13.5. The van der Waals surface area contributed by atoms with E-state index in [-0.39, 0.29) is 36.9 Å². The number of nitrogens with one attached hydrogen (secondary N) is 2. The maximum Gasteiger partial charge on any atom is 0.264 e. The molecule has 0 atom stereocenters. The minimum atomic E-state index is -4.14. The first-order chi connectivity index (χ1) is 18.9. The highest BCUT2D eigenvalue weighted by atomic mass is 35.5. The smallest absolute Gasteiger partial charge is 0.264 e. The molecule has 0 aromatic heterocycles. The van der Waals surface area contributed by atoms with Gasteiger partial charge in [0.25, 0.3) is 20.0 Å². The highest BCUT2D eigenvalue weighted by Gasteiger charge is 2.29. The Morgan fingerprint density at radius 1 is 0.750 bits per heavy atom. The average molecular weight is 639 g/mol. The molecule has 0 aliphatic carbocycles. The summed E-state index contributed by atoms with van der Waals surface area (Å²) >= 11 is 18.3. The van der Waals surface area contributed by atoms with E-state index in [2.05, 4.69) is 10.0 Å². The van der Waals surface area contributed by atoms with Crippen molar-refractivity contribution >= 4 is 77.8 Å². The number of rotatable bonds is 9. The second-order valence-corrected chi connectivity index (χ2v) is 13.2. The van der Waals surface area contributed by atoms with Crippen molar-refractivity contribution in [2.75, 3.05) is 20.9 Å². The van der Waals surface area contributed by atoms with Crippen LogP contribution >= 0.6 is 34.8 Å². The van der Waals surface area contributed by atoms with E-state index in [1.54, 1.807) is 49.4 Å². The molecule has 0 heterocycles. The fourth-order valence-corrected chi connectivity index (χ4v) is 6.86. The lowest BCUT2D eigenvalue weighted by Crippen LogP contribution is -2.38. The van der Waals surface area contributed by atoms with Gasteiger partial charge in [-0.2, -0.15) is 0 Å². The molecule has 0 saturated heterocycles. The van der Waals surface area contributed by atoms with Crippen molar-refractivity contribution in [2.24, 2.45) is 0 Å². The molecule has 2 N–H and O–H groups in total. The lowest BCUT2D eigenvalue weighted by Gasteiger charge is -2.26. The van der Waals surface area contributed by atoms with Crippen LogP contribution in [0.25, 0.3) is 0 Å². The van der Waals surface area contributed by atoms with Crippen LogP contribution < -0.4 is 14.3 Å². The van der Waals surface area contributed by atoms with Gasteiger partial charge < -0.3 is 5.32 Å². The summed E-state index contributed by atoms with van der Waals surface area (Å²) in [6.07, 6.45) is 0. The third kappa shape index (κ3) is 6.54. The molecule has 208 valence electrons. The van der Waals surface area contributed by atoms with Gasteiger partial charge in [-0.05, 0) is 73.2 Å². The predicted octanol–water partition coefficient (Wildman–Crippen LogP) is 6.59. The summed E-state index contributed by atoms with van der Waals surface area (Å²) in [7, 11) is -8.15. The molecule has 0 bridgehead atoms. The number of sulfonamides is 2. The number of halogens is 3. The van der Waals surface area contributed by atoms with Crippen LogP contribution in [0, 0.1) is 6.92 Å². The second kappa shape index (κ2) is 12.1. The average Bonchev–Trinajstić information content (AvgIpc) is 2.92. The van der Waals surface area contributed by atoms with E-state index in [0.717, 1.165) is 4.31 Å². The Hall–Kier alpha value is -3.28. The molecule has 1 amide bonds. The van der Waals surface area contributed by atoms with Crippen LogP contribution in [0.1, 0.15) is 5.56 Å². The fourth-order valence-electron chi connectivity index (χ4n) is 3.72. The first-order valence-corrected chi connectivity index (χ1v) is 15.7. The van der Waals surface area contributed by atoms with Crippen LogP contribution in [0.2, 0.25) is 15.1 Å². The number of anilines is 3. The van der Waals surface area contributed by atoms with Crippen molar-refractivity contribution in [1.29, 1.82) is 0 Å².